The highest BCUT2D eigenvalue weighted by Crippen LogP contribution is 2.19. The number of nitrogens with one attached hydrogen (secondary N) is 1. The van der Waals surface area contributed by atoms with Gasteiger partial charge in [0.15, 0.2) is 6.10 Å². The second kappa shape index (κ2) is 4.35. The third kappa shape index (κ3) is 1.91. The summed E-state index contributed by atoms with van der Waals surface area (Å²) in [7, 11) is 0. The summed E-state index contributed by atoms with van der Waals surface area (Å²) in [6, 6.07) is -0.385. The van der Waals surface area contributed by atoms with Gasteiger partial charge in [0.2, 0.25) is 5.78 Å². The first-order valence-electron chi connectivity index (χ1n) is 5.26. The summed E-state index contributed by atoms with van der Waals surface area (Å²) in [5.74, 6) is -0.485. The Hall–Kier alpha value is -1.84. The molecule has 0 aromatic carbocycles. The maximum Gasteiger partial charge on any atom is 0.306 e. The number of carbonyl (C=O) groups is 2. The zero-order valence-electron chi connectivity index (χ0n) is 8.97. The van der Waals surface area contributed by atoms with Crippen LogP contribution >= 0.6 is 0 Å². The molecule has 0 aromatic heterocycles. The van der Waals surface area contributed by atoms with Gasteiger partial charge in [-0.15, -0.1) is 0 Å². The van der Waals surface area contributed by atoms with Gasteiger partial charge in [-0.25, -0.2) is 0 Å². The van der Waals surface area contributed by atoms with Crippen molar-refractivity contribution in [3.8, 4) is 0 Å². The van der Waals surface area contributed by atoms with E-state index in [-0.39, 0.29) is 24.2 Å². The van der Waals surface area contributed by atoms with Crippen molar-refractivity contribution in [2.75, 3.05) is 0 Å². The normalized spacial score (nSPS) is 26.8. The second-order valence-electron chi connectivity index (χ2n) is 3.65. The molecule has 1 unspecified atom stereocenters. The standard InChI is InChI=1S/C12H13NO3/c1-2-10(14)16-9-6-5-8-4-3-7-13-11(8)12(9)15/h3-7,9,11,13H,2H2,1H3/t9-,11?/m0/s1. The van der Waals surface area contributed by atoms with Gasteiger partial charge in [-0.2, -0.15) is 0 Å². The lowest BCUT2D eigenvalue weighted by Gasteiger charge is -2.27. The summed E-state index contributed by atoms with van der Waals surface area (Å²) in [6.07, 6.45) is 8.38. The summed E-state index contributed by atoms with van der Waals surface area (Å²) in [6.45, 7) is 1.70. The number of rotatable bonds is 2. The van der Waals surface area contributed by atoms with Crippen molar-refractivity contribution in [2.24, 2.45) is 0 Å². The Morgan fingerprint density at radius 3 is 3.12 bits per heavy atom. The first-order chi connectivity index (χ1) is 7.72. The third-order valence-corrected chi connectivity index (χ3v) is 2.56. The first-order valence-corrected chi connectivity index (χ1v) is 5.26. The Morgan fingerprint density at radius 2 is 2.38 bits per heavy atom. The number of ether oxygens (including phenoxy) is 1. The number of allylic oxidation sites excluding steroid dienone is 2. The van der Waals surface area contributed by atoms with Crippen LogP contribution in [0.2, 0.25) is 0 Å². The Balaban J connectivity index is 2.15. The number of fused-ring (bicyclic) bond motifs is 1. The van der Waals surface area contributed by atoms with Crippen LogP contribution in [-0.2, 0) is 14.3 Å². The molecule has 0 amide bonds. The highest BCUT2D eigenvalue weighted by Gasteiger charge is 2.33. The highest BCUT2D eigenvalue weighted by molar-refractivity contribution is 5.96. The largest absolute Gasteiger partial charge is 0.450 e. The Bertz CT molecular complexity index is 406. The van der Waals surface area contributed by atoms with E-state index in [0.717, 1.165) is 5.57 Å². The van der Waals surface area contributed by atoms with Crippen molar-refractivity contribution < 1.29 is 14.3 Å². The van der Waals surface area contributed by atoms with Gasteiger partial charge in [-0.3, -0.25) is 9.59 Å². The maximum absolute atomic E-state index is 11.9. The molecular formula is C12H13NO3. The van der Waals surface area contributed by atoms with E-state index in [2.05, 4.69) is 5.32 Å². The molecule has 0 bridgehead atoms. The molecule has 1 N–H and O–H groups in total. The molecular weight excluding hydrogens is 206 g/mol. The van der Waals surface area contributed by atoms with Crippen LogP contribution in [0.15, 0.2) is 36.1 Å². The average Bonchev–Trinajstić information content (AvgIpc) is 2.33. The Morgan fingerprint density at radius 1 is 1.56 bits per heavy atom. The van der Waals surface area contributed by atoms with Crippen LogP contribution in [0.1, 0.15) is 13.3 Å². The van der Waals surface area contributed by atoms with Crippen LogP contribution in [0.5, 0.6) is 0 Å². The molecule has 2 aliphatic rings. The predicted molar refractivity (Wildman–Crippen MR) is 58.5 cm³/mol. The first kappa shape index (κ1) is 10.7. The summed E-state index contributed by atoms with van der Waals surface area (Å²) in [4.78, 5) is 23.1. The lowest BCUT2D eigenvalue weighted by Crippen LogP contribution is -2.45. The van der Waals surface area contributed by atoms with E-state index in [4.69, 9.17) is 4.74 Å². The molecule has 0 saturated carbocycles. The monoisotopic (exact) mass is 219 g/mol. The molecule has 2 rings (SSSR count). The highest BCUT2D eigenvalue weighted by atomic mass is 16.5. The fraction of sp³-hybridized carbons (Fsp3) is 0.333. The van der Waals surface area contributed by atoms with Gasteiger partial charge in [0.25, 0.3) is 0 Å². The van der Waals surface area contributed by atoms with Crippen molar-refractivity contribution in [2.45, 2.75) is 25.5 Å². The van der Waals surface area contributed by atoms with Crippen LogP contribution in [0.4, 0.5) is 0 Å². The molecule has 1 aliphatic heterocycles. The number of ketones is 1. The van der Waals surface area contributed by atoms with Crippen LogP contribution in [0.3, 0.4) is 0 Å². The molecule has 1 heterocycles. The van der Waals surface area contributed by atoms with Gasteiger partial charge in [0.1, 0.15) is 6.04 Å². The van der Waals surface area contributed by atoms with Crippen LogP contribution in [0.25, 0.3) is 0 Å². The number of dihydropyridines is 1. The van der Waals surface area contributed by atoms with E-state index >= 15 is 0 Å². The zero-order valence-corrected chi connectivity index (χ0v) is 8.97. The topological polar surface area (TPSA) is 55.4 Å². The van der Waals surface area contributed by atoms with E-state index < -0.39 is 6.10 Å². The van der Waals surface area contributed by atoms with Gasteiger partial charge < -0.3 is 10.1 Å². The maximum atomic E-state index is 11.9. The molecule has 4 heteroatoms. The number of esters is 1. The zero-order chi connectivity index (χ0) is 11.5. The van der Waals surface area contributed by atoms with Crippen molar-refractivity contribution >= 4 is 11.8 Å². The third-order valence-electron chi connectivity index (χ3n) is 2.56. The van der Waals surface area contributed by atoms with Crippen LogP contribution in [0, 0.1) is 0 Å². The molecule has 0 spiro atoms. The van der Waals surface area contributed by atoms with E-state index in [1.807, 2.05) is 18.2 Å². The summed E-state index contributed by atoms with van der Waals surface area (Å²) >= 11 is 0. The van der Waals surface area contributed by atoms with Crippen molar-refractivity contribution in [1.82, 2.24) is 5.32 Å². The summed E-state index contributed by atoms with van der Waals surface area (Å²) < 4.78 is 5.04. The SMILES string of the molecule is CCC(=O)O[C@H]1C=CC2=CC=CNC2C1=O. The molecule has 0 saturated heterocycles. The fourth-order valence-electron chi connectivity index (χ4n) is 1.68. The predicted octanol–water partition coefficient (Wildman–Crippen LogP) is 0.859. The molecule has 0 fully saturated rings. The number of Topliss-reactive ketones (excluding diaryl/α,β-unsaturated/α-hetero) is 1. The second-order valence-corrected chi connectivity index (χ2v) is 3.65. The Labute approximate surface area is 93.7 Å². The van der Waals surface area contributed by atoms with Gasteiger partial charge in [-0.1, -0.05) is 19.1 Å². The molecule has 16 heavy (non-hydrogen) atoms. The van der Waals surface area contributed by atoms with Gasteiger partial charge in [0, 0.05) is 6.42 Å². The minimum Gasteiger partial charge on any atom is -0.450 e. The van der Waals surface area contributed by atoms with Gasteiger partial charge in [-0.05, 0) is 23.9 Å². The van der Waals surface area contributed by atoms with Crippen molar-refractivity contribution in [3.63, 3.8) is 0 Å². The molecule has 4 nitrogen and oxygen atoms in total. The molecule has 0 radical (unpaired) electrons. The minimum atomic E-state index is -0.756. The van der Waals surface area contributed by atoms with E-state index in [9.17, 15) is 9.59 Å². The fourth-order valence-corrected chi connectivity index (χ4v) is 1.68. The van der Waals surface area contributed by atoms with E-state index in [0.29, 0.717) is 0 Å². The van der Waals surface area contributed by atoms with Crippen LogP contribution in [-0.4, -0.2) is 23.9 Å². The smallest absolute Gasteiger partial charge is 0.306 e. The molecule has 2 atom stereocenters. The van der Waals surface area contributed by atoms with Crippen LogP contribution < -0.4 is 5.32 Å². The van der Waals surface area contributed by atoms with E-state index in [1.165, 1.54) is 0 Å². The summed E-state index contributed by atoms with van der Waals surface area (Å²) in [5, 5.41) is 2.95. The number of hydrogen-bond donors (Lipinski definition) is 1. The van der Waals surface area contributed by atoms with Gasteiger partial charge in [0.05, 0.1) is 0 Å². The Kier molecular flexibility index (Phi) is 2.90. The number of hydrogen-bond acceptors (Lipinski definition) is 4. The minimum absolute atomic E-state index is 0.125. The van der Waals surface area contributed by atoms with Crippen molar-refractivity contribution in [1.29, 1.82) is 0 Å². The average molecular weight is 219 g/mol. The quantitative estimate of drug-likeness (QED) is 0.700. The molecule has 0 aromatic rings. The lowest BCUT2D eigenvalue weighted by molar-refractivity contribution is -0.152. The van der Waals surface area contributed by atoms with E-state index in [1.54, 1.807) is 19.2 Å². The number of carbonyl (C=O) groups excluding carboxylic acids is 2. The summed E-state index contributed by atoms with van der Waals surface area (Å²) in [5.41, 5.74) is 0.899. The lowest BCUT2D eigenvalue weighted by atomic mass is 9.91. The molecule has 1 aliphatic carbocycles. The van der Waals surface area contributed by atoms with Gasteiger partial charge >= 0.3 is 5.97 Å². The van der Waals surface area contributed by atoms with Crippen molar-refractivity contribution in [3.05, 3.63) is 36.1 Å². The molecule has 84 valence electrons.